The van der Waals surface area contributed by atoms with Crippen LogP contribution < -0.4 is 14.8 Å². The highest BCUT2D eigenvalue weighted by molar-refractivity contribution is 5.46. The lowest BCUT2D eigenvalue weighted by atomic mass is 10.2. The van der Waals surface area contributed by atoms with E-state index in [0.717, 1.165) is 43.5 Å². The van der Waals surface area contributed by atoms with Crippen LogP contribution in [0.25, 0.3) is 0 Å². The zero-order valence-corrected chi connectivity index (χ0v) is 11.4. The van der Waals surface area contributed by atoms with Crippen molar-refractivity contribution in [1.29, 1.82) is 0 Å². The SMILES string of the molecule is CCCNCc1cccc(OC)c1OCC1CC1. The predicted molar refractivity (Wildman–Crippen MR) is 73.2 cm³/mol. The monoisotopic (exact) mass is 249 g/mol. The normalized spacial score (nSPS) is 14.6. The van der Waals surface area contributed by atoms with Crippen LogP contribution in [-0.2, 0) is 6.54 Å². The smallest absolute Gasteiger partial charge is 0.165 e. The lowest BCUT2D eigenvalue weighted by Crippen LogP contribution is -2.15. The number of ether oxygens (including phenoxy) is 2. The van der Waals surface area contributed by atoms with E-state index < -0.39 is 0 Å². The fraction of sp³-hybridized carbons (Fsp3) is 0.600. The Bertz CT molecular complexity index is 375. The first-order chi connectivity index (χ1) is 8.85. The van der Waals surface area contributed by atoms with Crippen LogP contribution in [0.5, 0.6) is 11.5 Å². The van der Waals surface area contributed by atoms with Crippen LogP contribution in [0.3, 0.4) is 0 Å². The minimum Gasteiger partial charge on any atom is -0.493 e. The molecule has 3 heteroatoms. The highest BCUT2D eigenvalue weighted by Gasteiger charge is 2.23. The van der Waals surface area contributed by atoms with Crippen molar-refractivity contribution in [3.63, 3.8) is 0 Å². The lowest BCUT2D eigenvalue weighted by molar-refractivity contribution is 0.277. The van der Waals surface area contributed by atoms with Gasteiger partial charge >= 0.3 is 0 Å². The summed E-state index contributed by atoms with van der Waals surface area (Å²) in [5, 5.41) is 3.41. The summed E-state index contributed by atoms with van der Waals surface area (Å²) in [4.78, 5) is 0. The second-order valence-corrected chi connectivity index (χ2v) is 4.88. The Morgan fingerprint density at radius 3 is 2.83 bits per heavy atom. The van der Waals surface area contributed by atoms with Crippen LogP contribution in [0.1, 0.15) is 31.7 Å². The van der Waals surface area contributed by atoms with Crippen molar-refractivity contribution in [2.75, 3.05) is 20.3 Å². The second kappa shape index (κ2) is 6.64. The van der Waals surface area contributed by atoms with Gasteiger partial charge in [-0.2, -0.15) is 0 Å². The molecule has 1 aromatic carbocycles. The zero-order chi connectivity index (χ0) is 12.8. The van der Waals surface area contributed by atoms with Crippen molar-refractivity contribution in [3.8, 4) is 11.5 Å². The molecule has 0 spiro atoms. The van der Waals surface area contributed by atoms with Crippen molar-refractivity contribution < 1.29 is 9.47 Å². The highest BCUT2D eigenvalue weighted by Crippen LogP contribution is 2.35. The van der Waals surface area contributed by atoms with E-state index in [2.05, 4.69) is 18.3 Å². The summed E-state index contributed by atoms with van der Waals surface area (Å²) < 4.78 is 11.3. The number of hydrogen-bond acceptors (Lipinski definition) is 3. The van der Waals surface area contributed by atoms with Crippen molar-refractivity contribution in [1.82, 2.24) is 5.32 Å². The Labute approximate surface area is 109 Å². The maximum Gasteiger partial charge on any atom is 0.165 e. The summed E-state index contributed by atoms with van der Waals surface area (Å²) in [6, 6.07) is 6.09. The molecule has 1 N–H and O–H groups in total. The number of hydrogen-bond donors (Lipinski definition) is 1. The molecule has 0 unspecified atom stereocenters. The fourth-order valence-electron chi connectivity index (χ4n) is 1.91. The van der Waals surface area contributed by atoms with Crippen molar-refractivity contribution in [2.45, 2.75) is 32.7 Å². The van der Waals surface area contributed by atoms with Gasteiger partial charge in [-0.05, 0) is 37.8 Å². The Morgan fingerprint density at radius 1 is 1.33 bits per heavy atom. The average Bonchev–Trinajstić information content (AvgIpc) is 3.21. The average molecular weight is 249 g/mol. The van der Waals surface area contributed by atoms with E-state index >= 15 is 0 Å². The third-order valence-electron chi connectivity index (χ3n) is 3.18. The molecule has 3 nitrogen and oxygen atoms in total. The molecule has 1 fully saturated rings. The van der Waals surface area contributed by atoms with Gasteiger partial charge in [0.15, 0.2) is 11.5 Å². The molecular weight excluding hydrogens is 226 g/mol. The Morgan fingerprint density at radius 2 is 2.17 bits per heavy atom. The van der Waals surface area contributed by atoms with Gasteiger partial charge in [0.25, 0.3) is 0 Å². The van der Waals surface area contributed by atoms with E-state index in [1.54, 1.807) is 7.11 Å². The summed E-state index contributed by atoms with van der Waals surface area (Å²) in [6.07, 6.45) is 3.75. The van der Waals surface area contributed by atoms with Gasteiger partial charge in [0.1, 0.15) is 0 Å². The van der Waals surface area contributed by atoms with Crippen LogP contribution in [0.4, 0.5) is 0 Å². The van der Waals surface area contributed by atoms with Gasteiger partial charge in [-0.25, -0.2) is 0 Å². The van der Waals surface area contributed by atoms with Gasteiger partial charge in [-0.15, -0.1) is 0 Å². The number of para-hydroxylation sites is 1. The summed E-state index contributed by atoms with van der Waals surface area (Å²) in [5.74, 6) is 2.51. The Balaban J connectivity index is 2.03. The number of benzene rings is 1. The van der Waals surface area contributed by atoms with Crippen LogP contribution >= 0.6 is 0 Å². The second-order valence-electron chi connectivity index (χ2n) is 4.88. The predicted octanol–water partition coefficient (Wildman–Crippen LogP) is 2.98. The summed E-state index contributed by atoms with van der Waals surface area (Å²) in [5.41, 5.74) is 1.18. The van der Waals surface area contributed by atoms with Crippen molar-refractivity contribution in [2.24, 2.45) is 5.92 Å². The van der Waals surface area contributed by atoms with Gasteiger partial charge in [-0.3, -0.25) is 0 Å². The Hall–Kier alpha value is -1.22. The summed E-state index contributed by atoms with van der Waals surface area (Å²) in [6.45, 7) is 4.86. The van der Waals surface area contributed by atoms with Crippen molar-refractivity contribution in [3.05, 3.63) is 23.8 Å². The molecule has 0 saturated heterocycles. The van der Waals surface area contributed by atoms with Crippen LogP contribution in [-0.4, -0.2) is 20.3 Å². The molecule has 0 amide bonds. The van der Waals surface area contributed by atoms with Crippen LogP contribution in [0, 0.1) is 5.92 Å². The molecular formula is C15H23NO2. The van der Waals surface area contributed by atoms with Gasteiger partial charge in [0, 0.05) is 12.1 Å². The molecule has 0 atom stereocenters. The molecule has 0 bridgehead atoms. The third kappa shape index (κ3) is 3.64. The maximum atomic E-state index is 5.95. The largest absolute Gasteiger partial charge is 0.493 e. The highest BCUT2D eigenvalue weighted by atomic mass is 16.5. The van der Waals surface area contributed by atoms with Gasteiger partial charge in [0.05, 0.1) is 13.7 Å². The van der Waals surface area contributed by atoms with Gasteiger partial charge < -0.3 is 14.8 Å². The van der Waals surface area contributed by atoms with E-state index in [1.165, 1.54) is 18.4 Å². The maximum absolute atomic E-state index is 5.95. The number of methoxy groups -OCH3 is 1. The number of rotatable bonds is 8. The molecule has 0 aliphatic heterocycles. The summed E-state index contributed by atoms with van der Waals surface area (Å²) in [7, 11) is 1.70. The molecule has 0 aromatic heterocycles. The number of nitrogens with one attached hydrogen (secondary N) is 1. The fourth-order valence-corrected chi connectivity index (χ4v) is 1.91. The molecule has 18 heavy (non-hydrogen) atoms. The van der Waals surface area contributed by atoms with Crippen LogP contribution in [0.2, 0.25) is 0 Å². The lowest BCUT2D eigenvalue weighted by Gasteiger charge is -2.15. The molecule has 0 radical (unpaired) electrons. The van der Waals surface area contributed by atoms with Gasteiger partial charge in [-0.1, -0.05) is 19.1 Å². The topological polar surface area (TPSA) is 30.5 Å². The quantitative estimate of drug-likeness (QED) is 0.718. The zero-order valence-electron chi connectivity index (χ0n) is 11.4. The molecule has 2 rings (SSSR count). The molecule has 1 aliphatic rings. The minimum atomic E-state index is 0.756. The van der Waals surface area contributed by atoms with E-state index in [0.29, 0.717) is 0 Å². The first-order valence-corrected chi connectivity index (χ1v) is 6.84. The molecule has 0 heterocycles. The molecule has 1 saturated carbocycles. The van der Waals surface area contributed by atoms with E-state index in [4.69, 9.17) is 9.47 Å². The van der Waals surface area contributed by atoms with E-state index in [9.17, 15) is 0 Å². The van der Waals surface area contributed by atoms with E-state index in [1.807, 2.05) is 12.1 Å². The molecule has 1 aromatic rings. The van der Waals surface area contributed by atoms with Crippen molar-refractivity contribution >= 4 is 0 Å². The summed E-state index contributed by atoms with van der Waals surface area (Å²) >= 11 is 0. The first kappa shape index (κ1) is 13.2. The standard InChI is InChI=1S/C15H23NO2/c1-3-9-16-10-13-5-4-6-14(17-2)15(13)18-11-12-7-8-12/h4-6,12,16H,3,7-11H2,1-2H3. The molecule has 100 valence electrons. The van der Waals surface area contributed by atoms with Crippen LogP contribution in [0.15, 0.2) is 18.2 Å². The Kier molecular flexibility index (Phi) is 4.88. The minimum absolute atomic E-state index is 0.756. The van der Waals surface area contributed by atoms with E-state index in [-0.39, 0.29) is 0 Å². The first-order valence-electron chi connectivity index (χ1n) is 6.84. The third-order valence-corrected chi connectivity index (χ3v) is 3.18. The molecule has 1 aliphatic carbocycles. The van der Waals surface area contributed by atoms with Gasteiger partial charge in [0.2, 0.25) is 0 Å².